The van der Waals surface area contributed by atoms with Crippen molar-refractivity contribution < 1.29 is 27.1 Å². The smallest absolute Gasteiger partial charge is 0.267 e. The van der Waals surface area contributed by atoms with Crippen LogP contribution in [-0.4, -0.2) is 50.9 Å². The molecule has 4 rings (SSSR count). The molecule has 2 aromatic carbocycles. The van der Waals surface area contributed by atoms with Crippen LogP contribution in [0.3, 0.4) is 0 Å². The molecule has 0 spiro atoms. The minimum absolute atomic E-state index is 0.0746. The zero-order valence-electron chi connectivity index (χ0n) is 21.5. The Morgan fingerprint density at radius 3 is 2.50 bits per heavy atom. The van der Waals surface area contributed by atoms with Gasteiger partial charge in [0.25, 0.3) is 5.91 Å². The van der Waals surface area contributed by atoms with Crippen molar-refractivity contribution in [2.24, 2.45) is 5.92 Å². The summed E-state index contributed by atoms with van der Waals surface area (Å²) in [5.41, 5.74) is 1.37. The average Bonchev–Trinajstić information content (AvgIpc) is 3.72. The molecule has 208 valence electrons. The number of carbonyl (C=O) groups excluding carboxylic acids is 1. The lowest BCUT2D eigenvalue weighted by atomic mass is 9.97. The number of halogens is 3. The summed E-state index contributed by atoms with van der Waals surface area (Å²) in [6.07, 6.45) is 3.59. The van der Waals surface area contributed by atoms with E-state index in [0.717, 1.165) is 49.9 Å². The number of benzene rings is 2. The van der Waals surface area contributed by atoms with Gasteiger partial charge in [0.2, 0.25) is 10.0 Å². The molecule has 2 aliphatic rings. The minimum atomic E-state index is -3.79. The first-order valence-corrected chi connectivity index (χ1v) is 15.3. The highest BCUT2D eigenvalue weighted by Crippen LogP contribution is 2.45. The molecule has 1 amide bonds. The predicted molar refractivity (Wildman–Crippen MR) is 146 cm³/mol. The Hall–Kier alpha value is -1.91. The van der Waals surface area contributed by atoms with Crippen LogP contribution in [0.25, 0.3) is 0 Å². The fraction of sp³-hybridized carbons (Fsp3) is 0.519. The molecule has 1 aliphatic carbocycles. The monoisotopic (exact) mass is 586 g/mol. The molecule has 1 unspecified atom stereocenters. The first-order valence-electron chi connectivity index (χ1n) is 12.9. The van der Waals surface area contributed by atoms with Gasteiger partial charge in [0.15, 0.2) is 0 Å². The highest BCUT2D eigenvalue weighted by Gasteiger charge is 2.31. The third kappa shape index (κ3) is 7.60. The second-order valence-electron chi connectivity index (χ2n) is 9.92. The third-order valence-corrected chi connectivity index (χ3v) is 8.97. The zero-order valence-corrected chi connectivity index (χ0v) is 23.8. The van der Waals surface area contributed by atoms with Crippen LogP contribution in [0.1, 0.15) is 66.9 Å². The number of carbonyl (C=O) groups is 1. The maximum atomic E-state index is 14.8. The van der Waals surface area contributed by atoms with Gasteiger partial charge in [-0.1, -0.05) is 29.3 Å². The lowest BCUT2D eigenvalue weighted by Gasteiger charge is -2.35. The number of nitrogens with zero attached hydrogens (tertiary/aromatic N) is 1. The number of likely N-dealkylation sites (tertiary alicyclic amines) is 1. The van der Waals surface area contributed by atoms with E-state index in [1.807, 2.05) is 17.7 Å². The second kappa shape index (κ2) is 12.5. The Kier molecular flexibility index (Phi) is 9.58. The summed E-state index contributed by atoms with van der Waals surface area (Å²) in [7, 11) is -3.79. The summed E-state index contributed by atoms with van der Waals surface area (Å²) in [4.78, 5) is 14.7. The molecule has 38 heavy (non-hydrogen) atoms. The lowest BCUT2D eigenvalue weighted by molar-refractivity contribution is -0.0705. The molecule has 7 nitrogen and oxygen atoms in total. The molecule has 1 saturated carbocycles. The Bertz CT molecular complexity index is 1260. The molecule has 1 atom stereocenters. The number of nitrogens with one attached hydrogen (secondary N) is 1. The summed E-state index contributed by atoms with van der Waals surface area (Å²) < 4.78 is 52.4. The molecule has 1 saturated heterocycles. The highest BCUT2D eigenvalue weighted by molar-refractivity contribution is 7.90. The lowest BCUT2D eigenvalue weighted by Crippen LogP contribution is -2.42. The number of hydrogen-bond acceptors (Lipinski definition) is 6. The normalized spacial score (nSPS) is 17.8. The van der Waals surface area contributed by atoms with Gasteiger partial charge in [-0.05, 0) is 80.7 Å². The molecule has 1 heterocycles. The summed E-state index contributed by atoms with van der Waals surface area (Å²) in [5.74, 6) is -1.10. The molecular weight excluding hydrogens is 554 g/mol. The summed E-state index contributed by atoms with van der Waals surface area (Å²) >= 11 is 12.2. The van der Waals surface area contributed by atoms with Gasteiger partial charge in [-0.25, -0.2) is 17.5 Å². The topological polar surface area (TPSA) is 84.9 Å². The number of amides is 1. The Morgan fingerprint density at radius 1 is 1.16 bits per heavy atom. The maximum Gasteiger partial charge on any atom is 0.267 e. The van der Waals surface area contributed by atoms with E-state index in [9.17, 15) is 17.6 Å². The average molecular weight is 588 g/mol. The Labute approximate surface area is 233 Å². The third-order valence-electron chi connectivity index (χ3n) is 7.12. The van der Waals surface area contributed by atoms with Crippen molar-refractivity contribution in [3.05, 3.63) is 62.9 Å². The zero-order chi connectivity index (χ0) is 27.4. The first-order chi connectivity index (χ1) is 18.1. The van der Waals surface area contributed by atoms with Gasteiger partial charge in [-0.3, -0.25) is 9.69 Å². The highest BCUT2D eigenvalue weighted by atomic mass is 35.5. The fourth-order valence-electron chi connectivity index (χ4n) is 4.50. The largest absolute Gasteiger partial charge is 0.493 e. The van der Waals surface area contributed by atoms with E-state index in [2.05, 4.69) is 4.90 Å². The summed E-state index contributed by atoms with van der Waals surface area (Å²) in [5, 5.41) is 1.18. The van der Waals surface area contributed by atoms with E-state index in [1.165, 1.54) is 19.1 Å². The van der Waals surface area contributed by atoms with Crippen LogP contribution in [-0.2, 0) is 21.4 Å². The van der Waals surface area contributed by atoms with E-state index < -0.39 is 21.7 Å². The van der Waals surface area contributed by atoms with Gasteiger partial charge < -0.3 is 9.47 Å². The first kappa shape index (κ1) is 29.1. The van der Waals surface area contributed by atoms with Crippen LogP contribution >= 0.6 is 23.2 Å². The standard InChI is InChI=1S/C27H33Cl2FN2O5S/c1-3-38(34,35)31-27(33)23-13-22(19-4-5-19)26(14-25(23)30)37-15-18-8-10-32(11-9-18)17(2)36-16-20-6-7-21(28)12-24(20)29/h6-7,12-14,17-19H,3-5,8-11,15-16H2,1-2H3,(H,31,33). The van der Waals surface area contributed by atoms with E-state index in [0.29, 0.717) is 34.9 Å². The van der Waals surface area contributed by atoms with Gasteiger partial charge in [0.1, 0.15) is 17.8 Å². The minimum Gasteiger partial charge on any atom is -0.493 e. The van der Waals surface area contributed by atoms with Crippen molar-refractivity contribution in [2.75, 3.05) is 25.4 Å². The van der Waals surface area contributed by atoms with Crippen molar-refractivity contribution in [3.8, 4) is 5.75 Å². The molecular formula is C27H33Cl2FN2O5S. The number of piperidine rings is 1. The Morgan fingerprint density at radius 2 is 1.87 bits per heavy atom. The quantitative estimate of drug-likeness (QED) is 0.361. The SMILES string of the molecule is CCS(=O)(=O)NC(=O)c1cc(C2CC2)c(OCC2CCN(C(C)OCc3ccc(Cl)cc3Cl)CC2)cc1F. The van der Waals surface area contributed by atoms with Gasteiger partial charge >= 0.3 is 0 Å². The van der Waals surface area contributed by atoms with Crippen LogP contribution in [0.4, 0.5) is 4.39 Å². The molecule has 11 heteroatoms. The fourth-order valence-corrected chi connectivity index (χ4v) is 5.50. The van der Waals surface area contributed by atoms with Crippen LogP contribution < -0.4 is 9.46 Å². The van der Waals surface area contributed by atoms with Crippen molar-refractivity contribution in [1.29, 1.82) is 0 Å². The van der Waals surface area contributed by atoms with E-state index >= 15 is 0 Å². The van der Waals surface area contributed by atoms with E-state index in [4.69, 9.17) is 32.7 Å². The van der Waals surface area contributed by atoms with Gasteiger partial charge in [0, 0.05) is 29.2 Å². The number of rotatable bonds is 11. The van der Waals surface area contributed by atoms with Crippen LogP contribution in [0.2, 0.25) is 10.0 Å². The van der Waals surface area contributed by atoms with Crippen molar-refractivity contribution in [3.63, 3.8) is 0 Å². The summed E-state index contributed by atoms with van der Waals surface area (Å²) in [6, 6.07) is 8.02. The summed E-state index contributed by atoms with van der Waals surface area (Å²) in [6.45, 7) is 5.96. The van der Waals surface area contributed by atoms with Gasteiger partial charge in [-0.15, -0.1) is 0 Å². The second-order valence-corrected chi connectivity index (χ2v) is 12.8. The number of sulfonamides is 1. The molecule has 1 aliphatic heterocycles. The van der Waals surface area contributed by atoms with Crippen LogP contribution in [0, 0.1) is 11.7 Å². The van der Waals surface area contributed by atoms with Crippen molar-refractivity contribution in [2.45, 2.75) is 58.3 Å². The number of hydrogen-bond donors (Lipinski definition) is 1. The van der Waals surface area contributed by atoms with Gasteiger partial charge in [0.05, 0.1) is 24.5 Å². The van der Waals surface area contributed by atoms with Crippen molar-refractivity contribution >= 4 is 39.1 Å². The van der Waals surface area contributed by atoms with Crippen LogP contribution in [0.5, 0.6) is 5.75 Å². The molecule has 2 aromatic rings. The molecule has 2 fully saturated rings. The molecule has 1 N–H and O–H groups in total. The Balaban J connectivity index is 1.30. The molecule has 0 bridgehead atoms. The van der Waals surface area contributed by atoms with E-state index in [1.54, 1.807) is 12.1 Å². The van der Waals surface area contributed by atoms with Crippen LogP contribution in [0.15, 0.2) is 30.3 Å². The maximum absolute atomic E-state index is 14.8. The molecule has 0 aromatic heterocycles. The number of ether oxygens (including phenoxy) is 2. The molecule has 0 radical (unpaired) electrons. The van der Waals surface area contributed by atoms with Gasteiger partial charge in [-0.2, -0.15) is 0 Å². The van der Waals surface area contributed by atoms with Crippen molar-refractivity contribution in [1.82, 2.24) is 9.62 Å². The van der Waals surface area contributed by atoms with E-state index in [-0.39, 0.29) is 23.5 Å². The predicted octanol–water partition coefficient (Wildman–Crippen LogP) is 5.74.